The molecule has 0 radical (unpaired) electrons. The van der Waals surface area contributed by atoms with Crippen molar-refractivity contribution in [1.82, 2.24) is 9.80 Å². The van der Waals surface area contributed by atoms with Crippen LogP contribution in [-0.2, 0) is 28.6 Å². The molecule has 0 spiro atoms. The largest absolute Gasteiger partial charge is 0.469 e. The summed E-state index contributed by atoms with van der Waals surface area (Å²) >= 11 is 0. The highest BCUT2D eigenvalue weighted by atomic mass is 16.5. The van der Waals surface area contributed by atoms with Gasteiger partial charge in [-0.25, -0.2) is 0 Å². The smallest absolute Gasteiger partial charge is 0.311 e. The number of esters is 1. The molecular formula is C25H49N3O6. The fourth-order valence-corrected chi connectivity index (χ4v) is 4.64. The number of nitrogens with two attached hydrogens (primary N) is 1. The van der Waals surface area contributed by atoms with Crippen LogP contribution in [0.2, 0.25) is 0 Å². The minimum Gasteiger partial charge on any atom is -0.469 e. The molecule has 1 heterocycles. The Labute approximate surface area is 206 Å². The van der Waals surface area contributed by atoms with Crippen LogP contribution in [0.4, 0.5) is 0 Å². The predicted molar refractivity (Wildman–Crippen MR) is 133 cm³/mol. The predicted octanol–water partition coefficient (Wildman–Crippen LogP) is 2.45. The summed E-state index contributed by atoms with van der Waals surface area (Å²) in [5, 5.41) is 0. The monoisotopic (exact) mass is 487 g/mol. The highest BCUT2D eigenvalue weighted by Gasteiger charge is 2.42. The first-order valence-corrected chi connectivity index (χ1v) is 12.5. The van der Waals surface area contributed by atoms with E-state index in [9.17, 15) is 14.4 Å². The van der Waals surface area contributed by atoms with Crippen LogP contribution in [0.25, 0.3) is 0 Å². The van der Waals surface area contributed by atoms with Crippen molar-refractivity contribution in [2.45, 2.75) is 91.0 Å². The molecule has 2 N–H and O–H groups in total. The molecule has 1 aliphatic rings. The van der Waals surface area contributed by atoms with E-state index in [4.69, 9.17) is 19.9 Å². The van der Waals surface area contributed by atoms with Crippen LogP contribution in [0.1, 0.15) is 66.7 Å². The molecule has 0 aliphatic carbocycles. The number of amides is 2. The van der Waals surface area contributed by atoms with Crippen molar-refractivity contribution < 1.29 is 28.6 Å². The topological polar surface area (TPSA) is 111 Å². The number of ether oxygens (including phenoxy) is 3. The first-order valence-electron chi connectivity index (χ1n) is 12.5. The van der Waals surface area contributed by atoms with Gasteiger partial charge in [0, 0.05) is 27.8 Å². The first kappa shape index (κ1) is 32.3. The van der Waals surface area contributed by atoms with E-state index in [1.807, 2.05) is 13.8 Å². The highest BCUT2D eigenvalue weighted by molar-refractivity contribution is 5.79. The molecule has 0 saturated carbocycles. The Balaban J connectivity index is 0.00000343. The van der Waals surface area contributed by atoms with Gasteiger partial charge in [0.2, 0.25) is 11.8 Å². The van der Waals surface area contributed by atoms with Crippen LogP contribution in [-0.4, -0.2) is 93.3 Å². The lowest BCUT2D eigenvalue weighted by atomic mass is 9.90. The number of nitrogens with zero attached hydrogens (tertiary/aromatic N) is 2. The number of hydrogen-bond donors (Lipinski definition) is 1. The SMILES string of the molecule is CCC.CCC(C)C(C(CC(=O)N1CCCC1C(OC)C(C)C(=O)OC)OC)N(C)C(=O)CN. The molecule has 34 heavy (non-hydrogen) atoms. The molecule has 200 valence electrons. The molecule has 9 heteroatoms. The third-order valence-electron chi connectivity index (χ3n) is 6.64. The van der Waals surface area contributed by atoms with Gasteiger partial charge in [0.15, 0.2) is 0 Å². The van der Waals surface area contributed by atoms with Crippen LogP contribution < -0.4 is 5.73 Å². The zero-order valence-corrected chi connectivity index (χ0v) is 22.8. The van der Waals surface area contributed by atoms with Gasteiger partial charge in [-0.2, -0.15) is 0 Å². The van der Waals surface area contributed by atoms with Gasteiger partial charge >= 0.3 is 5.97 Å². The Morgan fingerprint density at radius 1 is 1.09 bits per heavy atom. The highest BCUT2D eigenvalue weighted by Crippen LogP contribution is 2.29. The Bertz CT molecular complexity index is 617. The van der Waals surface area contributed by atoms with Crippen molar-refractivity contribution in [3.05, 3.63) is 0 Å². The number of likely N-dealkylation sites (tertiary alicyclic amines) is 1. The molecule has 6 unspecified atom stereocenters. The molecule has 1 rings (SSSR count). The Kier molecular flexibility index (Phi) is 16.0. The molecule has 1 fully saturated rings. The quantitative estimate of drug-likeness (QED) is 0.421. The van der Waals surface area contributed by atoms with Crippen LogP contribution in [0.5, 0.6) is 0 Å². The fourth-order valence-electron chi connectivity index (χ4n) is 4.64. The molecule has 0 bridgehead atoms. The normalized spacial score (nSPS) is 19.8. The third kappa shape index (κ3) is 8.82. The van der Waals surface area contributed by atoms with E-state index in [0.29, 0.717) is 6.54 Å². The zero-order valence-electron chi connectivity index (χ0n) is 22.8. The van der Waals surface area contributed by atoms with E-state index in [1.54, 1.807) is 38.0 Å². The van der Waals surface area contributed by atoms with Gasteiger partial charge in [0.25, 0.3) is 0 Å². The van der Waals surface area contributed by atoms with Crippen LogP contribution in [0.3, 0.4) is 0 Å². The average molecular weight is 488 g/mol. The van der Waals surface area contributed by atoms with E-state index in [0.717, 1.165) is 19.3 Å². The maximum absolute atomic E-state index is 13.3. The summed E-state index contributed by atoms with van der Waals surface area (Å²) in [6, 6.07) is -0.488. The fraction of sp³-hybridized carbons (Fsp3) is 0.880. The second-order valence-corrected chi connectivity index (χ2v) is 9.08. The maximum Gasteiger partial charge on any atom is 0.311 e. The first-order chi connectivity index (χ1) is 16.1. The molecular weight excluding hydrogens is 438 g/mol. The number of hydrogen-bond acceptors (Lipinski definition) is 7. The molecule has 6 atom stereocenters. The molecule has 1 aliphatic heterocycles. The minimum absolute atomic E-state index is 0.0737. The van der Waals surface area contributed by atoms with Gasteiger partial charge in [-0.05, 0) is 25.7 Å². The van der Waals surface area contributed by atoms with Gasteiger partial charge < -0.3 is 29.7 Å². The maximum atomic E-state index is 13.3. The second-order valence-electron chi connectivity index (χ2n) is 9.08. The summed E-state index contributed by atoms with van der Waals surface area (Å²) in [7, 11) is 6.17. The number of rotatable bonds is 12. The number of methoxy groups -OCH3 is 3. The zero-order chi connectivity index (χ0) is 26.4. The Morgan fingerprint density at radius 3 is 2.12 bits per heavy atom. The lowest BCUT2D eigenvalue weighted by molar-refractivity contribution is -0.154. The second kappa shape index (κ2) is 16.8. The summed E-state index contributed by atoms with van der Waals surface area (Å²) in [6.45, 7) is 10.6. The van der Waals surface area contributed by atoms with Crippen LogP contribution in [0.15, 0.2) is 0 Å². The molecule has 2 amide bonds. The van der Waals surface area contributed by atoms with Gasteiger partial charge in [-0.15, -0.1) is 0 Å². The summed E-state index contributed by atoms with van der Waals surface area (Å²) < 4.78 is 16.2. The summed E-state index contributed by atoms with van der Waals surface area (Å²) in [5.74, 6) is -0.994. The Hall–Kier alpha value is -1.71. The number of likely N-dealkylation sites (N-methyl/N-ethyl adjacent to an activating group) is 1. The standard InChI is InChI=1S/C22H41N3O6.C3H8/c1-8-14(2)20(24(4)19(27)13-23)17(29-5)12-18(26)25-11-9-10-16(25)21(30-6)15(3)22(28)31-7;1-3-2/h14-17,20-21H,8-13,23H2,1-7H3;3H2,1-2H3. The van der Waals surface area contributed by atoms with Gasteiger partial charge in [0.1, 0.15) is 0 Å². The van der Waals surface area contributed by atoms with Crippen molar-refractivity contribution in [3.8, 4) is 0 Å². The molecule has 0 aromatic carbocycles. The van der Waals surface area contributed by atoms with E-state index in [2.05, 4.69) is 13.8 Å². The lowest BCUT2D eigenvalue weighted by Crippen LogP contribution is -2.53. The molecule has 0 aromatic rings. The van der Waals surface area contributed by atoms with Crippen molar-refractivity contribution >= 4 is 17.8 Å². The number of carbonyl (C=O) groups is 3. The van der Waals surface area contributed by atoms with E-state index in [-0.39, 0.29) is 48.8 Å². The van der Waals surface area contributed by atoms with Gasteiger partial charge in [-0.1, -0.05) is 40.5 Å². The third-order valence-corrected chi connectivity index (χ3v) is 6.64. The minimum atomic E-state index is -0.493. The van der Waals surface area contributed by atoms with Crippen LogP contribution >= 0.6 is 0 Å². The lowest BCUT2D eigenvalue weighted by Gasteiger charge is -2.39. The van der Waals surface area contributed by atoms with E-state index in [1.165, 1.54) is 13.5 Å². The van der Waals surface area contributed by atoms with E-state index < -0.39 is 18.1 Å². The average Bonchev–Trinajstić information content (AvgIpc) is 3.32. The van der Waals surface area contributed by atoms with Gasteiger partial charge in [0.05, 0.1) is 50.3 Å². The number of carbonyl (C=O) groups excluding carboxylic acids is 3. The van der Waals surface area contributed by atoms with Crippen LogP contribution in [0, 0.1) is 11.8 Å². The Morgan fingerprint density at radius 2 is 1.68 bits per heavy atom. The van der Waals surface area contributed by atoms with Gasteiger partial charge in [-0.3, -0.25) is 14.4 Å². The summed E-state index contributed by atoms with van der Waals surface area (Å²) in [4.78, 5) is 41.1. The van der Waals surface area contributed by atoms with Crippen molar-refractivity contribution in [3.63, 3.8) is 0 Å². The molecule has 9 nitrogen and oxygen atoms in total. The van der Waals surface area contributed by atoms with Crippen molar-refractivity contribution in [2.75, 3.05) is 41.5 Å². The van der Waals surface area contributed by atoms with E-state index >= 15 is 0 Å². The van der Waals surface area contributed by atoms with Crippen molar-refractivity contribution in [2.24, 2.45) is 17.6 Å². The summed E-state index contributed by atoms with van der Waals surface area (Å²) in [6.07, 6.45) is 2.88. The summed E-state index contributed by atoms with van der Waals surface area (Å²) in [5.41, 5.74) is 5.57. The molecule has 1 saturated heterocycles. The molecule has 0 aromatic heterocycles. The van der Waals surface area contributed by atoms with Crippen molar-refractivity contribution in [1.29, 1.82) is 0 Å².